The van der Waals surface area contributed by atoms with E-state index in [2.05, 4.69) is 31.7 Å². The van der Waals surface area contributed by atoms with Gasteiger partial charge in [0.2, 0.25) is 0 Å². The van der Waals surface area contributed by atoms with Crippen LogP contribution in [-0.2, 0) is 0 Å². The molecule has 0 radical (unpaired) electrons. The maximum atomic E-state index is 4.47. The summed E-state index contributed by atoms with van der Waals surface area (Å²) in [6.07, 6.45) is 13.6. The molecule has 0 saturated heterocycles. The van der Waals surface area contributed by atoms with E-state index in [0.717, 1.165) is 29.4 Å². The lowest BCUT2D eigenvalue weighted by molar-refractivity contribution is 0.0698. The third-order valence-electron chi connectivity index (χ3n) is 6.31. The van der Waals surface area contributed by atoms with E-state index >= 15 is 0 Å². The number of rotatable bonds is 2. The Kier molecular flexibility index (Phi) is 2.53. The zero-order chi connectivity index (χ0) is 12.3. The maximum Gasteiger partial charge on any atom is 0.00219 e. The van der Waals surface area contributed by atoms with Crippen molar-refractivity contribution >= 4 is 12.6 Å². The van der Waals surface area contributed by atoms with Gasteiger partial charge in [-0.1, -0.05) is 30.2 Å². The third kappa shape index (κ3) is 1.46. The number of fused-ring (bicyclic) bond motifs is 1. The molecule has 4 aliphatic carbocycles. The second-order valence-corrected chi connectivity index (χ2v) is 7.61. The number of allylic oxidation sites excluding steroid dienone is 4. The first-order valence-corrected chi connectivity index (χ1v) is 8.39. The van der Waals surface area contributed by atoms with E-state index in [1.807, 2.05) is 11.1 Å². The Hall–Kier alpha value is -0.170. The lowest BCUT2D eigenvalue weighted by Gasteiger charge is -2.57. The van der Waals surface area contributed by atoms with Crippen molar-refractivity contribution in [3.63, 3.8) is 0 Å². The van der Waals surface area contributed by atoms with Crippen molar-refractivity contribution in [2.75, 3.05) is 5.75 Å². The van der Waals surface area contributed by atoms with Crippen LogP contribution in [-0.4, -0.2) is 5.75 Å². The van der Waals surface area contributed by atoms with Crippen LogP contribution in [0.2, 0.25) is 0 Å². The molecule has 3 fully saturated rings. The second kappa shape index (κ2) is 3.91. The van der Waals surface area contributed by atoms with E-state index in [4.69, 9.17) is 0 Å². The van der Waals surface area contributed by atoms with Crippen LogP contribution < -0.4 is 0 Å². The predicted molar refractivity (Wildman–Crippen MR) is 79.8 cm³/mol. The zero-order valence-corrected chi connectivity index (χ0v) is 12.3. The van der Waals surface area contributed by atoms with Crippen molar-refractivity contribution in [1.82, 2.24) is 0 Å². The predicted octanol–water partition coefficient (Wildman–Crippen LogP) is 4.64. The Morgan fingerprint density at radius 3 is 2.89 bits per heavy atom. The minimum atomic E-state index is 0.588. The molecular formula is C17H24S. The minimum Gasteiger partial charge on any atom is -0.179 e. The molecule has 3 saturated carbocycles. The molecule has 0 aliphatic heterocycles. The topological polar surface area (TPSA) is 0 Å². The van der Waals surface area contributed by atoms with Crippen LogP contribution in [0.25, 0.3) is 0 Å². The molecule has 0 spiro atoms. The summed E-state index contributed by atoms with van der Waals surface area (Å²) < 4.78 is 0. The fourth-order valence-electron chi connectivity index (χ4n) is 5.22. The molecule has 0 aromatic carbocycles. The highest BCUT2D eigenvalue weighted by molar-refractivity contribution is 7.80. The summed E-state index contributed by atoms with van der Waals surface area (Å²) in [5.41, 5.74) is 4.30. The maximum absolute atomic E-state index is 4.47. The van der Waals surface area contributed by atoms with Crippen LogP contribution in [0.3, 0.4) is 0 Å². The van der Waals surface area contributed by atoms with E-state index in [-0.39, 0.29) is 0 Å². The van der Waals surface area contributed by atoms with Crippen LogP contribution >= 0.6 is 12.6 Å². The molecule has 0 nitrogen and oxygen atoms in total. The first-order chi connectivity index (χ1) is 8.74. The van der Waals surface area contributed by atoms with Crippen molar-refractivity contribution < 1.29 is 0 Å². The molecule has 4 rings (SSSR count). The van der Waals surface area contributed by atoms with Crippen LogP contribution in [0, 0.1) is 29.1 Å². The van der Waals surface area contributed by atoms with Gasteiger partial charge in [-0.2, -0.15) is 12.6 Å². The molecule has 5 atom stereocenters. The van der Waals surface area contributed by atoms with Crippen LogP contribution in [0.15, 0.2) is 23.3 Å². The summed E-state index contributed by atoms with van der Waals surface area (Å²) in [4.78, 5) is 0. The van der Waals surface area contributed by atoms with Crippen LogP contribution in [0.4, 0.5) is 0 Å². The van der Waals surface area contributed by atoms with Crippen molar-refractivity contribution in [1.29, 1.82) is 0 Å². The lowest BCUT2D eigenvalue weighted by Crippen LogP contribution is -2.49. The molecule has 0 N–H and O–H groups in total. The molecule has 0 aromatic rings. The van der Waals surface area contributed by atoms with Gasteiger partial charge in [0, 0.05) is 5.92 Å². The molecule has 3 unspecified atom stereocenters. The standard InChI is InChI=1S/C17H24S/c1-17-8-6-11(7-9-18)13-4-5-14(15(17)10-13)16(17)12-2-3-12/h4-5,11,13-15,18H,2-3,6-10H2,1H3/t11?,13?,14?,15-,17+/m1/s1. The lowest BCUT2D eigenvalue weighted by atomic mass is 9.47. The summed E-state index contributed by atoms with van der Waals surface area (Å²) >= 11 is 4.47. The Balaban J connectivity index is 1.70. The quantitative estimate of drug-likeness (QED) is 0.543. The Morgan fingerprint density at radius 2 is 2.17 bits per heavy atom. The molecule has 0 aromatic heterocycles. The number of hydrogen-bond acceptors (Lipinski definition) is 1. The fraction of sp³-hybridized carbons (Fsp3) is 0.765. The molecule has 4 aliphatic rings. The van der Waals surface area contributed by atoms with Gasteiger partial charge in [-0.15, -0.1) is 0 Å². The van der Waals surface area contributed by atoms with Gasteiger partial charge in [0.05, 0.1) is 0 Å². The molecule has 0 heterocycles. The molecule has 1 heteroatoms. The highest BCUT2D eigenvalue weighted by Crippen LogP contribution is 2.68. The van der Waals surface area contributed by atoms with Gasteiger partial charge in [0.25, 0.3) is 0 Å². The van der Waals surface area contributed by atoms with Gasteiger partial charge in [0.1, 0.15) is 0 Å². The van der Waals surface area contributed by atoms with Gasteiger partial charge in [-0.25, -0.2) is 0 Å². The third-order valence-corrected chi connectivity index (χ3v) is 6.57. The molecule has 2 bridgehead atoms. The van der Waals surface area contributed by atoms with Crippen molar-refractivity contribution in [2.24, 2.45) is 29.1 Å². The second-order valence-electron chi connectivity index (χ2n) is 7.16. The summed E-state index contributed by atoms with van der Waals surface area (Å²) in [6.45, 7) is 2.58. The minimum absolute atomic E-state index is 0.588. The fourth-order valence-corrected chi connectivity index (χ4v) is 5.55. The van der Waals surface area contributed by atoms with E-state index in [9.17, 15) is 0 Å². The largest absolute Gasteiger partial charge is 0.179 e. The average molecular weight is 260 g/mol. The van der Waals surface area contributed by atoms with Gasteiger partial charge in [0.15, 0.2) is 0 Å². The van der Waals surface area contributed by atoms with Gasteiger partial charge in [-0.05, 0) is 67.4 Å². The van der Waals surface area contributed by atoms with E-state index < -0.39 is 0 Å². The Morgan fingerprint density at radius 1 is 1.33 bits per heavy atom. The highest BCUT2D eigenvalue weighted by atomic mass is 32.1. The first kappa shape index (κ1) is 11.6. The van der Waals surface area contributed by atoms with Crippen molar-refractivity contribution in [2.45, 2.75) is 45.4 Å². The smallest absolute Gasteiger partial charge is 0.00219 e. The van der Waals surface area contributed by atoms with E-state index in [1.165, 1.54) is 38.5 Å². The zero-order valence-electron chi connectivity index (χ0n) is 11.4. The first-order valence-electron chi connectivity index (χ1n) is 7.75. The van der Waals surface area contributed by atoms with E-state index in [1.54, 1.807) is 0 Å². The van der Waals surface area contributed by atoms with Gasteiger partial charge < -0.3 is 0 Å². The number of thiol groups is 1. The highest BCUT2D eigenvalue weighted by Gasteiger charge is 2.58. The van der Waals surface area contributed by atoms with E-state index in [0.29, 0.717) is 5.41 Å². The van der Waals surface area contributed by atoms with Crippen molar-refractivity contribution in [3.05, 3.63) is 23.3 Å². The molecular weight excluding hydrogens is 236 g/mol. The average Bonchev–Trinajstić information content (AvgIpc) is 3.18. The molecule has 0 amide bonds. The Bertz CT molecular complexity index is 427. The summed E-state index contributed by atoms with van der Waals surface area (Å²) in [7, 11) is 0. The van der Waals surface area contributed by atoms with Gasteiger partial charge in [-0.3, -0.25) is 0 Å². The van der Waals surface area contributed by atoms with Crippen LogP contribution in [0.1, 0.15) is 45.4 Å². The molecule has 18 heavy (non-hydrogen) atoms. The summed E-state index contributed by atoms with van der Waals surface area (Å²) in [6, 6.07) is 0. The molecule has 98 valence electrons. The normalized spacial score (nSPS) is 48.8. The summed E-state index contributed by atoms with van der Waals surface area (Å²) in [5.74, 6) is 4.66. The van der Waals surface area contributed by atoms with Crippen LogP contribution in [0.5, 0.6) is 0 Å². The monoisotopic (exact) mass is 260 g/mol. The van der Waals surface area contributed by atoms with Gasteiger partial charge >= 0.3 is 0 Å². The number of hydrogen-bond donors (Lipinski definition) is 1. The van der Waals surface area contributed by atoms with Crippen molar-refractivity contribution in [3.8, 4) is 0 Å². The SMILES string of the molecule is C[C@@]12CCC(CCS)C3C=CC(C1=C1CC1)[C@H]2C3. The summed E-state index contributed by atoms with van der Waals surface area (Å²) in [5, 5.41) is 0. The Labute approximate surface area is 116 Å².